The van der Waals surface area contributed by atoms with E-state index in [-0.39, 0.29) is 18.0 Å². The number of aliphatic imine (C=N–C) groups is 1. The molecule has 0 bridgehead atoms. The summed E-state index contributed by atoms with van der Waals surface area (Å²) in [5.74, 6) is 0.994. The van der Waals surface area contributed by atoms with E-state index in [1.54, 1.807) is 12.1 Å². The second-order valence-corrected chi connectivity index (χ2v) is 6.21. The molecule has 8 nitrogen and oxygen atoms in total. The molecule has 2 unspecified atom stereocenters. The summed E-state index contributed by atoms with van der Waals surface area (Å²) in [6.07, 6.45) is 2.40. The van der Waals surface area contributed by atoms with Crippen LogP contribution in [0.4, 0.5) is 0 Å². The van der Waals surface area contributed by atoms with Crippen molar-refractivity contribution in [3.63, 3.8) is 0 Å². The predicted octanol–water partition coefficient (Wildman–Crippen LogP) is 0.724. The average molecular weight is 350 g/mol. The third-order valence-corrected chi connectivity index (χ3v) is 4.40. The van der Waals surface area contributed by atoms with Crippen LogP contribution in [0.25, 0.3) is 0 Å². The maximum atomic E-state index is 11.1. The Morgan fingerprint density at radius 2 is 2.20 bits per heavy atom. The number of nitrogens with one attached hydrogen (secondary N) is 1. The van der Waals surface area contributed by atoms with E-state index in [4.69, 9.17) is 19.6 Å². The number of hydrogen-bond donors (Lipinski definition) is 2. The summed E-state index contributed by atoms with van der Waals surface area (Å²) in [7, 11) is 0. The first-order valence-electron chi connectivity index (χ1n) is 8.82. The van der Waals surface area contributed by atoms with Crippen molar-refractivity contribution in [1.82, 2.24) is 10.2 Å². The zero-order valence-corrected chi connectivity index (χ0v) is 14.6. The Morgan fingerprint density at radius 1 is 1.36 bits per heavy atom. The van der Waals surface area contributed by atoms with Gasteiger partial charge in [-0.05, 0) is 31.9 Å². The number of nitrogens with two attached hydrogens (primary N) is 1. The van der Waals surface area contributed by atoms with Crippen molar-refractivity contribution in [2.75, 3.05) is 32.8 Å². The van der Waals surface area contributed by atoms with Gasteiger partial charge in [0.05, 0.1) is 12.7 Å². The van der Waals surface area contributed by atoms with E-state index in [0.29, 0.717) is 18.9 Å². The fourth-order valence-corrected chi connectivity index (χ4v) is 3.16. The summed E-state index contributed by atoms with van der Waals surface area (Å²) in [5, 5.41) is 3.31. The lowest BCUT2D eigenvalue weighted by Gasteiger charge is -2.37. The molecule has 25 heavy (non-hydrogen) atoms. The molecule has 1 aromatic heterocycles. The quantitative estimate of drug-likeness (QED) is 0.599. The molecule has 0 aromatic carbocycles. The van der Waals surface area contributed by atoms with Crippen LogP contribution in [0.1, 0.15) is 36.1 Å². The summed E-state index contributed by atoms with van der Waals surface area (Å²) in [5.41, 5.74) is 5.21. The smallest absolute Gasteiger partial charge is 0.284 e. The minimum absolute atomic E-state index is 0.0742. The number of hydrogen-bond acceptors (Lipinski definition) is 5. The number of amides is 1. The normalized spacial score (nSPS) is 24.5. The van der Waals surface area contributed by atoms with Crippen molar-refractivity contribution in [2.45, 2.75) is 38.5 Å². The number of furan rings is 1. The second kappa shape index (κ2) is 8.35. The molecule has 2 fully saturated rings. The Labute approximate surface area is 147 Å². The van der Waals surface area contributed by atoms with Gasteiger partial charge in [-0.15, -0.1) is 0 Å². The van der Waals surface area contributed by atoms with E-state index in [0.717, 1.165) is 45.0 Å². The van der Waals surface area contributed by atoms with Gasteiger partial charge in [-0.1, -0.05) is 0 Å². The summed E-state index contributed by atoms with van der Waals surface area (Å²) in [6, 6.07) is 3.30. The number of ether oxygens (including phenoxy) is 2. The fourth-order valence-electron chi connectivity index (χ4n) is 3.16. The molecular weight excluding hydrogens is 324 g/mol. The van der Waals surface area contributed by atoms with Crippen LogP contribution < -0.4 is 11.1 Å². The highest BCUT2D eigenvalue weighted by Gasteiger charge is 2.32. The zero-order chi connectivity index (χ0) is 17.6. The lowest BCUT2D eigenvalue weighted by Crippen LogP contribution is -2.53. The molecule has 138 valence electrons. The SMILES string of the molecule is CCNC(=NCc1ccc(C(N)=O)o1)N1CCOC(C2CCCO2)C1. The number of carbonyl (C=O) groups is 1. The van der Waals surface area contributed by atoms with Gasteiger partial charge in [0.15, 0.2) is 11.7 Å². The van der Waals surface area contributed by atoms with Crippen LogP contribution in [0.3, 0.4) is 0 Å². The van der Waals surface area contributed by atoms with Gasteiger partial charge >= 0.3 is 0 Å². The van der Waals surface area contributed by atoms with Gasteiger partial charge in [-0.2, -0.15) is 0 Å². The van der Waals surface area contributed by atoms with Crippen LogP contribution in [0.15, 0.2) is 21.5 Å². The molecule has 2 aliphatic heterocycles. The molecule has 2 atom stereocenters. The third-order valence-electron chi connectivity index (χ3n) is 4.40. The maximum Gasteiger partial charge on any atom is 0.284 e. The number of primary amides is 1. The van der Waals surface area contributed by atoms with Gasteiger partial charge < -0.3 is 29.8 Å². The van der Waals surface area contributed by atoms with Crippen LogP contribution in [0.2, 0.25) is 0 Å². The van der Waals surface area contributed by atoms with E-state index in [1.807, 2.05) is 6.92 Å². The summed E-state index contributed by atoms with van der Waals surface area (Å²) in [6.45, 7) is 6.15. The van der Waals surface area contributed by atoms with E-state index in [1.165, 1.54) is 0 Å². The lowest BCUT2D eigenvalue weighted by atomic mass is 10.1. The Hall–Kier alpha value is -2.06. The Bertz CT molecular complexity index is 610. The number of nitrogens with zero attached hydrogens (tertiary/aromatic N) is 2. The summed E-state index contributed by atoms with van der Waals surface area (Å²) >= 11 is 0. The van der Waals surface area contributed by atoms with Crippen molar-refractivity contribution in [2.24, 2.45) is 10.7 Å². The van der Waals surface area contributed by atoms with Gasteiger partial charge in [-0.25, -0.2) is 4.99 Å². The van der Waals surface area contributed by atoms with E-state index in [9.17, 15) is 4.79 Å². The Morgan fingerprint density at radius 3 is 2.88 bits per heavy atom. The average Bonchev–Trinajstić information content (AvgIpc) is 3.30. The van der Waals surface area contributed by atoms with Crippen molar-refractivity contribution in [3.05, 3.63) is 23.7 Å². The first-order chi connectivity index (χ1) is 12.2. The molecule has 8 heteroatoms. The molecule has 3 heterocycles. The molecule has 0 aliphatic carbocycles. The monoisotopic (exact) mass is 350 g/mol. The molecule has 3 rings (SSSR count). The predicted molar refractivity (Wildman–Crippen MR) is 92.3 cm³/mol. The molecule has 0 radical (unpaired) electrons. The highest BCUT2D eigenvalue weighted by molar-refractivity contribution is 5.89. The first kappa shape index (κ1) is 17.8. The Kier molecular flexibility index (Phi) is 5.93. The number of carbonyl (C=O) groups excluding carboxylic acids is 1. The van der Waals surface area contributed by atoms with E-state index in [2.05, 4.69) is 15.2 Å². The van der Waals surface area contributed by atoms with Gasteiger partial charge in [0.1, 0.15) is 18.4 Å². The number of morpholine rings is 1. The molecule has 1 amide bonds. The molecule has 2 aliphatic rings. The van der Waals surface area contributed by atoms with Crippen molar-refractivity contribution >= 4 is 11.9 Å². The molecule has 0 spiro atoms. The standard InChI is InChI=1S/C17H26N4O4/c1-2-19-17(20-10-12-5-6-14(25-12)16(18)22)21-7-9-24-15(11-21)13-4-3-8-23-13/h5-6,13,15H,2-4,7-11H2,1H3,(H2,18,22)(H,19,20). The molecule has 2 saturated heterocycles. The van der Waals surface area contributed by atoms with Gasteiger partial charge in [0.2, 0.25) is 0 Å². The highest BCUT2D eigenvalue weighted by atomic mass is 16.5. The third kappa shape index (κ3) is 4.52. The van der Waals surface area contributed by atoms with Gasteiger partial charge in [0.25, 0.3) is 5.91 Å². The van der Waals surface area contributed by atoms with Gasteiger partial charge in [-0.3, -0.25) is 4.79 Å². The van der Waals surface area contributed by atoms with Crippen LogP contribution >= 0.6 is 0 Å². The van der Waals surface area contributed by atoms with Crippen LogP contribution in [0, 0.1) is 0 Å². The minimum Gasteiger partial charge on any atom is -0.454 e. The second-order valence-electron chi connectivity index (χ2n) is 6.21. The van der Waals surface area contributed by atoms with Crippen molar-refractivity contribution in [1.29, 1.82) is 0 Å². The minimum atomic E-state index is -0.574. The maximum absolute atomic E-state index is 11.1. The van der Waals surface area contributed by atoms with Crippen molar-refractivity contribution in [3.8, 4) is 0 Å². The largest absolute Gasteiger partial charge is 0.454 e. The van der Waals surface area contributed by atoms with E-state index >= 15 is 0 Å². The summed E-state index contributed by atoms with van der Waals surface area (Å²) < 4.78 is 17.0. The van der Waals surface area contributed by atoms with Crippen molar-refractivity contribution < 1.29 is 18.7 Å². The molecule has 1 aromatic rings. The molecule has 0 saturated carbocycles. The number of guanidine groups is 1. The van der Waals surface area contributed by atoms with Crippen LogP contribution in [-0.4, -0.2) is 61.8 Å². The highest BCUT2D eigenvalue weighted by Crippen LogP contribution is 2.21. The molecule has 3 N–H and O–H groups in total. The van der Waals surface area contributed by atoms with Crippen LogP contribution in [0.5, 0.6) is 0 Å². The molecular formula is C17H26N4O4. The lowest BCUT2D eigenvalue weighted by molar-refractivity contribution is -0.0817. The Balaban J connectivity index is 1.65. The summed E-state index contributed by atoms with van der Waals surface area (Å²) in [4.78, 5) is 17.9. The fraction of sp³-hybridized carbons (Fsp3) is 0.647. The van der Waals surface area contributed by atoms with E-state index < -0.39 is 5.91 Å². The van der Waals surface area contributed by atoms with Crippen LogP contribution in [-0.2, 0) is 16.0 Å². The first-order valence-corrected chi connectivity index (χ1v) is 8.82. The topological polar surface area (TPSA) is 102 Å². The van der Waals surface area contributed by atoms with Gasteiger partial charge in [0, 0.05) is 26.2 Å². The number of rotatable bonds is 5. The zero-order valence-electron chi connectivity index (χ0n) is 14.6.